The largest absolute Gasteiger partial charge is 0.387 e. The van der Waals surface area contributed by atoms with Gasteiger partial charge in [0.25, 0.3) is 5.91 Å². The summed E-state index contributed by atoms with van der Waals surface area (Å²) in [6.45, 7) is 0.326. The molecular formula is C21H18F3N5O. The Hall–Kier alpha value is -3.62. The zero-order chi connectivity index (χ0) is 21.4. The number of carbonyl (C=O) groups is 1. The number of nitrogens with zero attached hydrogens (tertiary/aromatic N) is 3. The molecule has 2 N–H and O–H groups in total. The van der Waals surface area contributed by atoms with Gasteiger partial charge in [0.1, 0.15) is 0 Å². The minimum Gasteiger partial charge on any atom is -0.387 e. The lowest BCUT2D eigenvalue weighted by atomic mass is 9.95. The van der Waals surface area contributed by atoms with Crippen molar-refractivity contribution in [1.29, 1.82) is 5.41 Å². The van der Waals surface area contributed by atoms with Crippen LogP contribution >= 0.6 is 0 Å². The van der Waals surface area contributed by atoms with Crippen molar-refractivity contribution in [3.8, 4) is 0 Å². The second kappa shape index (κ2) is 7.66. The summed E-state index contributed by atoms with van der Waals surface area (Å²) in [6, 6.07) is 5.38. The zero-order valence-electron chi connectivity index (χ0n) is 16.0. The monoisotopic (exact) mass is 413 g/mol. The second-order valence-corrected chi connectivity index (χ2v) is 6.89. The van der Waals surface area contributed by atoms with Crippen LogP contribution in [0, 0.1) is 22.9 Å². The van der Waals surface area contributed by atoms with Crippen LogP contribution < -0.4 is 5.32 Å². The minimum atomic E-state index is -1.54. The quantitative estimate of drug-likeness (QED) is 0.648. The van der Waals surface area contributed by atoms with Crippen LogP contribution in [0.1, 0.15) is 22.5 Å². The van der Waals surface area contributed by atoms with Gasteiger partial charge in [-0.25, -0.2) is 18.2 Å². The van der Waals surface area contributed by atoms with Crippen LogP contribution in [0.5, 0.6) is 0 Å². The van der Waals surface area contributed by atoms with Crippen molar-refractivity contribution in [2.75, 3.05) is 20.1 Å². The predicted molar refractivity (Wildman–Crippen MR) is 106 cm³/mol. The Balaban J connectivity index is 1.63. The first kappa shape index (κ1) is 19.7. The van der Waals surface area contributed by atoms with Gasteiger partial charge in [-0.1, -0.05) is 0 Å². The number of carbonyl (C=O) groups excluding carboxylic acids is 1. The van der Waals surface area contributed by atoms with E-state index in [0.717, 1.165) is 12.1 Å². The number of piperidine rings is 1. The lowest BCUT2D eigenvalue weighted by molar-refractivity contribution is 0.0771. The first-order valence-corrected chi connectivity index (χ1v) is 9.25. The van der Waals surface area contributed by atoms with Crippen molar-refractivity contribution in [2.45, 2.75) is 6.42 Å². The molecule has 1 fully saturated rings. The highest BCUT2D eigenvalue weighted by Gasteiger charge is 2.28. The van der Waals surface area contributed by atoms with Crippen LogP contribution in [0.15, 0.2) is 48.4 Å². The smallest absolute Gasteiger partial charge is 0.274 e. The Kier molecular flexibility index (Phi) is 5.03. The summed E-state index contributed by atoms with van der Waals surface area (Å²) in [6.07, 6.45) is 5.39. The molecule has 0 bridgehead atoms. The number of hydrogen-bond donors (Lipinski definition) is 2. The van der Waals surface area contributed by atoms with Crippen molar-refractivity contribution < 1.29 is 18.0 Å². The topological polar surface area (TPSA) is 73.5 Å². The Morgan fingerprint density at radius 1 is 1.20 bits per heavy atom. The fourth-order valence-corrected chi connectivity index (χ4v) is 3.67. The van der Waals surface area contributed by atoms with Gasteiger partial charge in [-0.2, -0.15) is 0 Å². The predicted octanol–water partition coefficient (Wildman–Crippen LogP) is 3.25. The summed E-state index contributed by atoms with van der Waals surface area (Å²) < 4.78 is 42.4. The number of aromatic nitrogens is 2. The van der Waals surface area contributed by atoms with E-state index in [1.54, 1.807) is 23.7 Å². The van der Waals surface area contributed by atoms with Gasteiger partial charge in [-0.3, -0.25) is 4.79 Å². The van der Waals surface area contributed by atoms with Gasteiger partial charge in [-0.05, 0) is 30.7 Å². The number of nitrogens with one attached hydrogen (secondary N) is 2. The van der Waals surface area contributed by atoms with Gasteiger partial charge in [0.15, 0.2) is 23.1 Å². The fraction of sp³-hybridized carbons (Fsp3) is 0.190. The van der Waals surface area contributed by atoms with Gasteiger partial charge in [0.2, 0.25) is 0 Å². The number of likely N-dealkylation sites (tertiary alicyclic amines) is 1. The van der Waals surface area contributed by atoms with E-state index in [0.29, 0.717) is 35.4 Å². The molecule has 0 radical (unpaired) electrons. The zero-order valence-corrected chi connectivity index (χ0v) is 16.0. The molecule has 3 aromatic rings. The molecule has 0 unspecified atom stereocenters. The molecule has 0 atom stereocenters. The third-order valence-electron chi connectivity index (χ3n) is 5.11. The lowest BCUT2D eigenvalue weighted by Crippen LogP contribution is -2.42. The van der Waals surface area contributed by atoms with E-state index in [4.69, 9.17) is 5.41 Å². The van der Waals surface area contributed by atoms with Crippen molar-refractivity contribution >= 4 is 22.8 Å². The molecule has 154 valence electrons. The van der Waals surface area contributed by atoms with E-state index in [1.807, 2.05) is 12.3 Å². The number of hydrogen-bond acceptors (Lipinski definition) is 4. The maximum atomic E-state index is 13.7. The molecule has 4 rings (SSSR count). The van der Waals surface area contributed by atoms with Gasteiger partial charge in [0, 0.05) is 49.0 Å². The molecule has 1 aliphatic heterocycles. The standard InChI is InChI=1S/C21H18F3N5O/c1-26-19(12-9-14(22)18(24)15(23)10-12)13-4-7-29(11-16(13)25)21(30)20-17-3-2-6-28(17)8-5-27-20/h2-3,5-6,8-10,25-26H,4,7,11H2,1H3/b19-13-,25-16?. The highest BCUT2D eigenvalue weighted by atomic mass is 19.2. The normalized spacial score (nSPS) is 16.1. The van der Waals surface area contributed by atoms with Gasteiger partial charge in [0.05, 0.1) is 17.8 Å². The molecule has 9 heteroatoms. The number of halogens is 3. The average Bonchev–Trinajstić information content (AvgIpc) is 3.22. The number of fused-ring (bicyclic) bond motifs is 1. The first-order valence-electron chi connectivity index (χ1n) is 9.25. The summed E-state index contributed by atoms with van der Waals surface area (Å²) in [7, 11) is 1.56. The Morgan fingerprint density at radius 2 is 1.93 bits per heavy atom. The SMILES string of the molecule is CN/C(=C1/CCN(C(=O)c2nccn3cccc23)CC1=N)c1cc(F)c(F)c(F)c1. The highest BCUT2D eigenvalue weighted by molar-refractivity contribution is 6.09. The lowest BCUT2D eigenvalue weighted by Gasteiger charge is -2.30. The van der Waals surface area contributed by atoms with E-state index in [1.165, 1.54) is 11.1 Å². The molecule has 1 amide bonds. The number of benzene rings is 1. The van der Waals surface area contributed by atoms with E-state index in [2.05, 4.69) is 10.3 Å². The number of rotatable bonds is 3. The van der Waals surface area contributed by atoms with E-state index in [9.17, 15) is 18.0 Å². The minimum absolute atomic E-state index is 0.0228. The summed E-state index contributed by atoms with van der Waals surface area (Å²) in [5.74, 6) is -4.44. The van der Waals surface area contributed by atoms with Crippen LogP contribution in [0.4, 0.5) is 13.2 Å². The molecule has 0 saturated carbocycles. The molecule has 0 spiro atoms. The summed E-state index contributed by atoms with van der Waals surface area (Å²) in [4.78, 5) is 18.7. The van der Waals surface area contributed by atoms with E-state index >= 15 is 0 Å². The molecule has 0 aliphatic carbocycles. The molecule has 2 aromatic heterocycles. The third-order valence-corrected chi connectivity index (χ3v) is 5.11. The molecule has 1 aliphatic rings. The van der Waals surface area contributed by atoms with Gasteiger partial charge < -0.3 is 20.0 Å². The summed E-state index contributed by atoms with van der Waals surface area (Å²) in [5.41, 5.74) is 2.04. The Labute approximate surface area is 170 Å². The maximum Gasteiger partial charge on any atom is 0.274 e. The Morgan fingerprint density at radius 3 is 2.60 bits per heavy atom. The van der Waals surface area contributed by atoms with Crippen molar-refractivity contribution in [3.63, 3.8) is 0 Å². The van der Waals surface area contributed by atoms with Crippen LogP contribution in [-0.2, 0) is 0 Å². The average molecular weight is 413 g/mol. The number of amides is 1. The van der Waals surface area contributed by atoms with Crippen LogP contribution in [-0.4, -0.2) is 46.0 Å². The van der Waals surface area contributed by atoms with E-state index < -0.39 is 17.5 Å². The molecule has 1 aromatic carbocycles. The highest BCUT2D eigenvalue weighted by Crippen LogP contribution is 2.26. The fourth-order valence-electron chi connectivity index (χ4n) is 3.67. The summed E-state index contributed by atoms with van der Waals surface area (Å²) >= 11 is 0. The van der Waals surface area contributed by atoms with Crippen molar-refractivity contribution in [3.05, 3.63) is 77.1 Å². The molecule has 6 nitrogen and oxygen atoms in total. The van der Waals surface area contributed by atoms with Gasteiger partial charge in [-0.15, -0.1) is 0 Å². The third kappa shape index (κ3) is 3.32. The first-order chi connectivity index (χ1) is 14.4. The van der Waals surface area contributed by atoms with E-state index in [-0.39, 0.29) is 23.7 Å². The van der Waals surface area contributed by atoms with Crippen molar-refractivity contribution in [1.82, 2.24) is 19.6 Å². The van der Waals surface area contributed by atoms with Crippen LogP contribution in [0.2, 0.25) is 0 Å². The molecule has 30 heavy (non-hydrogen) atoms. The van der Waals surface area contributed by atoms with Gasteiger partial charge >= 0.3 is 0 Å². The van der Waals surface area contributed by atoms with Crippen molar-refractivity contribution in [2.24, 2.45) is 0 Å². The maximum absolute atomic E-state index is 13.7. The second-order valence-electron chi connectivity index (χ2n) is 6.89. The van der Waals surface area contributed by atoms with Crippen LogP contribution in [0.3, 0.4) is 0 Å². The van der Waals surface area contributed by atoms with Crippen LogP contribution in [0.25, 0.3) is 11.2 Å². The molecule has 1 saturated heterocycles. The summed E-state index contributed by atoms with van der Waals surface area (Å²) in [5, 5.41) is 11.3. The Bertz CT molecular complexity index is 1180. The molecular weight excluding hydrogens is 395 g/mol. The molecule has 3 heterocycles.